The quantitative estimate of drug-likeness (QED) is 0.247. The molecule has 3 aromatic rings. The van der Waals surface area contributed by atoms with E-state index < -0.39 is 28.5 Å². The fourth-order valence-electron chi connectivity index (χ4n) is 4.16. The molecule has 0 aliphatic heterocycles. The molecule has 0 saturated carbocycles. The minimum absolute atomic E-state index is 0.0241. The van der Waals surface area contributed by atoms with Gasteiger partial charge in [-0.1, -0.05) is 80.4 Å². The lowest BCUT2D eigenvalue weighted by molar-refractivity contribution is -0.139. The van der Waals surface area contributed by atoms with Gasteiger partial charge in [0.2, 0.25) is 11.8 Å². The van der Waals surface area contributed by atoms with Crippen molar-refractivity contribution in [3.05, 3.63) is 94.0 Å². The van der Waals surface area contributed by atoms with Gasteiger partial charge < -0.3 is 10.2 Å². The number of carbonyl (C=O) groups is 2. The summed E-state index contributed by atoms with van der Waals surface area (Å²) in [5, 5.41) is 3.59. The number of nitrogens with zero attached hydrogens (tertiary/aromatic N) is 2. The van der Waals surface area contributed by atoms with Crippen molar-refractivity contribution in [2.75, 3.05) is 10.8 Å². The van der Waals surface area contributed by atoms with Gasteiger partial charge in [-0.3, -0.25) is 13.9 Å². The molecule has 3 aromatic carbocycles. The van der Waals surface area contributed by atoms with Gasteiger partial charge >= 0.3 is 0 Å². The molecular formula is C31H37Cl2N3O4S. The highest BCUT2D eigenvalue weighted by molar-refractivity contribution is 7.92. The molecule has 0 heterocycles. The fourth-order valence-corrected chi connectivity index (χ4v) is 5.91. The Kier molecular flexibility index (Phi) is 11.2. The molecular weight excluding hydrogens is 581 g/mol. The maximum absolute atomic E-state index is 14.0. The standard InChI is InChI=1S/C31H37Cl2N3O4S/c1-6-22(4)34-31(38)23(5)35(19-24-12-17-28(32)29(33)18-24)30(37)20-36(26-15-13-25(14-16-26)21(2)3)41(39,40)27-10-8-7-9-11-27/h7-18,21-23H,6,19-20H2,1-5H3,(H,34,38)/t22-,23-/m1/s1. The Morgan fingerprint density at radius 3 is 2.07 bits per heavy atom. The molecule has 41 heavy (non-hydrogen) atoms. The number of rotatable bonds is 12. The van der Waals surface area contributed by atoms with Gasteiger partial charge in [-0.25, -0.2) is 8.42 Å². The zero-order valence-electron chi connectivity index (χ0n) is 24.0. The predicted octanol–water partition coefficient (Wildman–Crippen LogP) is 6.64. The molecule has 0 fully saturated rings. The SMILES string of the molecule is CC[C@@H](C)NC(=O)[C@@H](C)N(Cc1ccc(Cl)c(Cl)c1)C(=O)CN(c1ccc(C(C)C)cc1)S(=O)(=O)c1ccccc1. The molecule has 0 aliphatic carbocycles. The number of amides is 2. The van der Waals surface area contributed by atoms with Crippen LogP contribution in [0.25, 0.3) is 0 Å². The molecule has 220 valence electrons. The lowest BCUT2D eigenvalue weighted by Crippen LogP contribution is -2.52. The topological polar surface area (TPSA) is 86.8 Å². The van der Waals surface area contributed by atoms with Gasteiger partial charge in [-0.15, -0.1) is 0 Å². The van der Waals surface area contributed by atoms with E-state index in [1.165, 1.54) is 17.0 Å². The van der Waals surface area contributed by atoms with Crippen molar-refractivity contribution in [3.8, 4) is 0 Å². The summed E-state index contributed by atoms with van der Waals surface area (Å²) in [6, 6.07) is 19.1. The number of sulfonamides is 1. The van der Waals surface area contributed by atoms with Crippen LogP contribution in [-0.4, -0.2) is 43.8 Å². The summed E-state index contributed by atoms with van der Waals surface area (Å²) in [6.07, 6.45) is 0.717. The van der Waals surface area contributed by atoms with E-state index in [4.69, 9.17) is 23.2 Å². The van der Waals surface area contributed by atoms with Gasteiger partial charge in [-0.2, -0.15) is 0 Å². The largest absolute Gasteiger partial charge is 0.352 e. The maximum Gasteiger partial charge on any atom is 0.264 e. The van der Waals surface area contributed by atoms with Crippen molar-refractivity contribution in [1.29, 1.82) is 0 Å². The van der Waals surface area contributed by atoms with Gasteiger partial charge in [0, 0.05) is 12.6 Å². The van der Waals surface area contributed by atoms with Crippen molar-refractivity contribution < 1.29 is 18.0 Å². The summed E-state index contributed by atoms with van der Waals surface area (Å²) in [6.45, 7) is 9.06. The van der Waals surface area contributed by atoms with Crippen molar-refractivity contribution in [1.82, 2.24) is 10.2 Å². The first-order valence-corrected chi connectivity index (χ1v) is 15.8. The van der Waals surface area contributed by atoms with E-state index in [-0.39, 0.29) is 29.3 Å². The van der Waals surface area contributed by atoms with E-state index in [1.54, 1.807) is 55.5 Å². The van der Waals surface area contributed by atoms with Gasteiger partial charge in [0.15, 0.2) is 0 Å². The molecule has 0 bridgehead atoms. The molecule has 0 aromatic heterocycles. The van der Waals surface area contributed by atoms with Crippen LogP contribution in [0.1, 0.15) is 58.1 Å². The van der Waals surface area contributed by atoms with Crippen molar-refractivity contribution in [2.24, 2.45) is 0 Å². The summed E-state index contributed by atoms with van der Waals surface area (Å²) in [5.74, 6) is -0.641. The molecule has 3 rings (SSSR count). The van der Waals surface area contributed by atoms with Crippen LogP contribution in [0.3, 0.4) is 0 Å². The van der Waals surface area contributed by atoms with E-state index >= 15 is 0 Å². The first kappa shape index (κ1) is 32.4. The van der Waals surface area contributed by atoms with Crippen LogP contribution in [0.5, 0.6) is 0 Å². The summed E-state index contributed by atoms with van der Waals surface area (Å²) in [5.41, 5.74) is 2.03. The smallest absolute Gasteiger partial charge is 0.264 e. The molecule has 7 nitrogen and oxygen atoms in total. The number of hydrogen-bond donors (Lipinski definition) is 1. The highest BCUT2D eigenvalue weighted by atomic mass is 35.5. The van der Waals surface area contributed by atoms with Crippen LogP contribution in [0, 0.1) is 0 Å². The number of nitrogens with one attached hydrogen (secondary N) is 1. The summed E-state index contributed by atoms with van der Waals surface area (Å²) in [4.78, 5) is 28.6. The number of halogens is 2. The molecule has 0 unspecified atom stereocenters. The number of anilines is 1. The monoisotopic (exact) mass is 617 g/mol. The van der Waals surface area contributed by atoms with Crippen molar-refractivity contribution in [2.45, 2.75) is 70.5 Å². The van der Waals surface area contributed by atoms with Crippen LogP contribution in [0.2, 0.25) is 10.0 Å². The first-order valence-electron chi connectivity index (χ1n) is 13.6. The molecule has 0 spiro atoms. The van der Waals surface area contributed by atoms with Gasteiger partial charge in [-0.05, 0) is 73.7 Å². The fraction of sp³-hybridized carbons (Fsp3) is 0.355. The Morgan fingerprint density at radius 2 is 1.51 bits per heavy atom. The third-order valence-electron chi connectivity index (χ3n) is 6.96. The summed E-state index contributed by atoms with van der Waals surface area (Å²) < 4.78 is 28.9. The third kappa shape index (κ3) is 8.24. The van der Waals surface area contributed by atoms with E-state index in [0.29, 0.717) is 27.7 Å². The second kappa shape index (κ2) is 14.2. The molecule has 2 atom stereocenters. The lowest BCUT2D eigenvalue weighted by atomic mass is 10.0. The zero-order chi connectivity index (χ0) is 30.3. The van der Waals surface area contributed by atoms with E-state index in [1.807, 2.05) is 39.8 Å². The van der Waals surface area contributed by atoms with Gasteiger partial charge in [0.1, 0.15) is 12.6 Å². The number of carbonyl (C=O) groups excluding carboxylic acids is 2. The predicted molar refractivity (Wildman–Crippen MR) is 166 cm³/mol. The second-order valence-electron chi connectivity index (χ2n) is 10.3. The van der Waals surface area contributed by atoms with Crippen LogP contribution >= 0.6 is 23.2 Å². The molecule has 1 N–H and O–H groups in total. The van der Waals surface area contributed by atoms with E-state index in [0.717, 1.165) is 9.87 Å². The summed E-state index contributed by atoms with van der Waals surface area (Å²) >= 11 is 12.3. The third-order valence-corrected chi connectivity index (χ3v) is 9.49. The minimum Gasteiger partial charge on any atom is -0.352 e. The Balaban J connectivity index is 2.04. The molecule has 0 radical (unpaired) electrons. The average molecular weight is 619 g/mol. The molecule has 0 aliphatic rings. The van der Waals surface area contributed by atoms with Gasteiger partial charge in [0.05, 0.1) is 20.6 Å². The zero-order valence-corrected chi connectivity index (χ0v) is 26.3. The second-order valence-corrected chi connectivity index (χ2v) is 13.0. The van der Waals surface area contributed by atoms with Crippen molar-refractivity contribution >= 4 is 50.7 Å². The lowest BCUT2D eigenvalue weighted by Gasteiger charge is -2.32. The van der Waals surface area contributed by atoms with Crippen LogP contribution in [-0.2, 0) is 26.2 Å². The highest BCUT2D eigenvalue weighted by Gasteiger charge is 2.32. The van der Waals surface area contributed by atoms with Crippen LogP contribution in [0.15, 0.2) is 77.7 Å². The highest BCUT2D eigenvalue weighted by Crippen LogP contribution is 2.27. The van der Waals surface area contributed by atoms with Crippen LogP contribution in [0.4, 0.5) is 5.69 Å². The molecule has 0 saturated heterocycles. The normalized spacial score (nSPS) is 13.0. The Bertz CT molecular complexity index is 1450. The van der Waals surface area contributed by atoms with Gasteiger partial charge in [0.25, 0.3) is 10.0 Å². The Labute approximate surface area is 253 Å². The maximum atomic E-state index is 14.0. The summed E-state index contributed by atoms with van der Waals surface area (Å²) in [7, 11) is -4.12. The Morgan fingerprint density at radius 1 is 0.878 bits per heavy atom. The average Bonchev–Trinajstić information content (AvgIpc) is 2.96. The van der Waals surface area contributed by atoms with Crippen molar-refractivity contribution in [3.63, 3.8) is 0 Å². The Hall–Kier alpha value is -3.07. The molecule has 2 amide bonds. The van der Waals surface area contributed by atoms with Crippen LogP contribution < -0.4 is 9.62 Å². The molecule has 10 heteroatoms. The minimum atomic E-state index is -4.12. The number of hydrogen-bond acceptors (Lipinski definition) is 4. The first-order chi connectivity index (χ1) is 19.3. The number of benzene rings is 3. The van der Waals surface area contributed by atoms with E-state index in [9.17, 15) is 18.0 Å². The van der Waals surface area contributed by atoms with E-state index in [2.05, 4.69) is 5.32 Å².